The molecule has 1 aromatic carbocycles. The van der Waals surface area contributed by atoms with Crippen LogP contribution < -0.4 is 10.9 Å². The van der Waals surface area contributed by atoms with Gasteiger partial charge in [0.1, 0.15) is 6.54 Å². The van der Waals surface area contributed by atoms with E-state index in [1.807, 2.05) is 12.1 Å². The molecule has 0 unspecified atom stereocenters. The molecule has 0 aliphatic rings. The molecule has 25 heavy (non-hydrogen) atoms. The van der Waals surface area contributed by atoms with E-state index in [1.165, 1.54) is 22.0 Å². The SMILES string of the molecule is O=C(Cn1ccccc1=O)Nc1ncc(Cc2ccc(Cl)c(Cl)c2)s1. The highest BCUT2D eigenvalue weighted by Gasteiger charge is 2.09. The molecule has 0 fully saturated rings. The minimum atomic E-state index is -0.302. The third kappa shape index (κ3) is 4.69. The number of pyridine rings is 1. The molecule has 2 aromatic heterocycles. The van der Waals surface area contributed by atoms with Crippen molar-refractivity contribution in [2.75, 3.05) is 5.32 Å². The van der Waals surface area contributed by atoms with Crippen LogP contribution in [0.15, 0.2) is 53.6 Å². The normalized spacial score (nSPS) is 10.6. The van der Waals surface area contributed by atoms with Crippen LogP contribution in [0.3, 0.4) is 0 Å². The smallest absolute Gasteiger partial charge is 0.250 e. The van der Waals surface area contributed by atoms with Gasteiger partial charge in [0.25, 0.3) is 5.56 Å². The van der Waals surface area contributed by atoms with Crippen LogP contribution in [0.25, 0.3) is 0 Å². The van der Waals surface area contributed by atoms with Gasteiger partial charge in [-0.15, -0.1) is 11.3 Å². The van der Waals surface area contributed by atoms with E-state index in [0.29, 0.717) is 21.6 Å². The average Bonchev–Trinajstić information content (AvgIpc) is 3.00. The van der Waals surface area contributed by atoms with E-state index in [0.717, 1.165) is 10.4 Å². The third-order valence-corrected chi connectivity index (χ3v) is 5.03. The number of anilines is 1. The van der Waals surface area contributed by atoms with E-state index >= 15 is 0 Å². The number of amides is 1. The van der Waals surface area contributed by atoms with Crippen molar-refractivity contribution in [1.29, 1.82) is 0 Å². The number of nitrogens with one attached hydrogen (secondary N) is 1. The molecular weight excluding hydrogens is 381 g/mol. The Bertz CT molecular complexity index is 968. The Hall–Kier alpha value is -2.15. The van der Waals surface area contributed by atoms with Crippen molar-refractivity contribution < 1.29 is 4.79 Å². The molecule has 1 N–H and O–H groups in total. The zero-order chi connectivity index (χ0) is 17.8. The number of halogens is 2. The molecule has 2 heterocycles. The Labute approximate surface area is 157 Å². The Balaban J connectivity index is 1.63. The molecule has 0 aliphatic carbocycles. The number of carbonyl (C=O) groups excluding carboxylic acids is 1. The van der Waals surface area contributed by atoms with E-state index in [-0.39, 0.29) is 18.0 Å². The standard InChI is InChI=1S/C17H13Cl2N3O2S/c18-13-5-4-11(8-14(13)19)7-12-9-20-17(25-12)21-15(23)10-22-6-2-1-3-16(22)24/h1-6,8-9H,7,10H2,(H,20,21,23). The van der Waals surface area contributed by atoms with Crippen LogP contribution in [0.4, 0.5) is 5.13 Å². The number of carbonyl (C=O) groups is 1. The van der Waals surface area contributed by atoms with E-state index < -0.39 is 0 Å². The van der Waals surface area contributed by atoms with E-state index in [4.69, 9.17) is 23.2 Å². The first-order valence-corrected chi connectivity index (χ1v) is 8.92. The van der Waals surface area contributed by atoms with Crippen LogP contribution in [0.1, 0.15) is 10.4 Å². The van der Waals surface area contributed by atoms with Crippen LogP contribution in [-0.2, 0) is 17.8 Å². The molecule has 0 aliphatic heterocycles. The summed E-state index contributed by atoms with van der Waals surface area (Å²) in [5.74, 6) is -0.302. The predicted molar refractivity (Wildman–Crippen MR) is 101 cm³/mol. The van der Waals surface area contributed by atoms with Gasteiger partial charge in [0.15, 0.2) is 5.13 Å². The number of aromatic nitrogens is 2. The van der Waals surface area contributed by atoms with Crippen molar-refractivity contribution in [2.45, 2.75) is 13.0 Å². The lowest BCUT2D eigenvalue weighted by Crippen LogP contribution is -2.26. The topological polar surface area (TPSA) is 64.0 Å². The molecular formula is C17H13Cl2N3O2S. The lowest BCUT2D eigenvalue weighted by Gasteiger charge is -2.04. The summed E-state index contributed by atoms with van der Waals surface area (Å²) in [4.78, 5) is 28.8. The number of rotatable bonds is 5. The second-order valence-corrected chi connectivity index (χ2v) is 7.20. The van der Waals surface area contributed by atoms with Crippen molar-refractivity contribution in [2.24, 2.45) is 0 Å². The summed E-state index contributed by atoms with van der Waals surface area (Å²) in [6.07, 6.45) is 3.92. The molecule has 0 bridgehead atoms. The van der Waals surface area contributed by atoms with Gasteiger partial charge in [-0.2, -0.15) is 0 Å². The predicted octanol–water partition coefficient (Wildman–Crippen LogP) is 3.84. The fourth-order valence-corrected chi connectivity index (χ4v) is 3.39. The highest BCUT2D eigenvalue weighted by molar-refractivity contribution is 7.15. The van der Waals surface area contributed by atoms with Gasteiger partial charge in [-0.1, -0.05) is 35.3 Å². The molecule has 3 aromatic rings. The van der Waals surface area contributed by atoms with Crippen molar-refractivity contribution in [3.8, 4) is 0 Å². The molecule has 8 heteroatoms. The van der Waals surface area contributed by atoms with Gasteiger partial charge in [0.2, 0.25) is 5.91 Å². The Morgan fingerprint density at radius 1 is 1.20 bits per heavy atom. The largest absolute Gasteiger partial charge is 0.306 e. The minimum Gasteiger partial charge on any atom is -0.306 e. The molecule has 0 radical (unpaired) electrons. The monoisotopic (exact) mass is 393 g/mol. The van der Waals surface area contributed by atoms with Crippen molar-refractivity contribution in [3.63, 3.8) is 0 Å². The maximum Gasteiger partial charge on any atom is 0.250 e. The maximum absolute atomic E-state index is 12.0. The Kier molecular flexibility index (Phi) is 5.53. The summed E-state index contributed by atoms with van der Waals surface area (Å²) >= 11 is 13.3. The highest BCUT2D eigenvalue weighted by Crippen LogP contribution is 2.26. The van der Waals surface area contributed by atoms with Gasteiger partial charge in [-0.3, -0.25) is 9.59 Å². The van der Waals surface area contributed by atoms with E-state index in [9.17, 15) is 9.59 Å². The van der Waals surface area contributed by atoms with Gasteiger partial charge in [0.05, 0.1) is 10.0 Å². The van der Waals surface area contributed by atoms with Crippen molar-refractivity contribution in [1.82, 2.24) is 9.55 Å². The van der Waals surface area contributed by atoms with Crippen LogP contribution in [0.2, 0.25) is 10.0 Å². The first-order chi connectivity index (χ1) is 12.0. The molecule has 128 valence electrons. The number of hydrogen-bond acceptors (Lipinski definition) is 4. The first-order valence-electron chi connectivity index (χ1n) is 7.35. The molecule has 3 rings (SSSR count). The Morgan fingerprint density at radius 2 is 2.04 bits per heavy atom. The van der Waals surface area contributed by atoms with Crippen LogP contribution >= 0.6 is 34.5 Å². The zero-order valence-electron chi connectivity index (χ0n) is 12.9. The summed E-state index contributed by atoms with van der Waals surface area (Å²) in [6, 6.07) is 10.2. The Morgan fingerprint density at radius 3 is 2.80 bits per heavy atom. The second kappa shape index (κ2) is 7.82. The molecule has 1 amide bonds. The van der Waals surface area contributed by atoms with Crippen LogP contribution in [0.5, 0.6) is 0 Å². The second-order valence-electron chi connectivity index (χ2n) is 5.27. The highest BCUT2D eigenvalue weighted by atomic mass is 35.5. The zero-order valence-corrected chi connectivity index (χ0v) is 15.2. The van der Waals surface area contributed by atoms with Crippen molar-refractivity contribution >= 4 is 45.6 Å². The number of hydrogen-bond donors (Lipinski definition) is 1. The van der Waals surface area contributed by atoms with Gasteiger partial charge in [-0.25, -0.2) is 4.98 Å². The maximum atomic E-state index is 12.0. The lowest BCUT2D eigenvalue weighted by atomic mass is 10.1. The van der Waals surface area contributed by atoms with Gasteiger partial charge < -0.3 is 9.88 Å². The number of thiazole rings is 1. The van der Waals surface area contributed by atoms with Gasteiger partial charge in [-0.05, 0) is 23.8 Å². The summed E-state index contributed by atoms with van der Waals surface area (Å²) in [5, 5.41) is 4.21. The van der Waals surface area contributed by atoms with Gasteiger partial charge in [0, 0.05) is 29.8 Å². The van der Waals surface area contributed by atoms with E-state index in [1.54, 1.807) is 30.6 Å². The summed E-state index contributed by atoms with van der Waals surface area (Å²) in [6.45, 7) is -0.0542. The molecule has 0 spiro atoms. The molecule has 0 saturated heterocycles. The van der Waals surface area contributed by atoms with E-state index in [2.05, 4.69) is 10.3 Å². The number of nitrogens with zero attached hydrogens (tertiary/aromatic N) is 2. The number of benzene rings is 1. The first kappa shape index (κ1) is 17.7. The third-order valence-electron chi connectivity index (χ3n) is 3.38. The van der Waals surface area contributed by atoms with Gasteiger partial charge >= 0.3 is 0 Å². The average molecular weight is 394 g/mol. The van der Waals surface area contributed by atoms with Crippen LogP contribution in [-0.4, -0.2) is 15.5 Å². The van der Waals surface area contributed by atoms with Crippen molar-refractivity contribution in [3.05, 3.63) is 79.6 Å². The lowest BCUT2D eigenvalue weighted by molar-refractivity contribution is -0.116. The fraction of sp³-hybridized carbons (Fsp3) is 0.118. The molecule has 0 atom stereocenters. The van der Waals surface area contributed by atoms with Crippen LogP contribution in [0, 0.1) is 0 Å². The summed E-state index contributed by atoms with van der Waals surface area (Å²) < 4.78 is 1.33. The summed E-state index contributed by atoms with van der Waals surface area (Å²) in [5.41, 5.74) is 0.781. The fourth-order valence-electron chi connectivity index (χ4n) is 2.20. The molecule has 5 nitrogen and oxygen atoms in total. The minimum absolute atomic E-state index is 0.0542. The summed E-state index contributed by atoms with van der Waals surface area (Å²) in [7, 11) is 0. The molecule has 0 saturated carbocycles. The quantitative estimate of drug-likeness (QED) is 0.715.